The summed E-state index contributed by atoms with van der Waals surface area (Å²) in [5, 5.41) is 0.338. The van der Waals surface area contributed by atoms with Crippen LogP contribution in [-0.4, -0.2) is 64.6 Å². The number of allylic oxidation sites excluding steroid dienone is 4. The Labute approximate surface area is 428 Å². The van der Waals surface area contributed by atoms with Gasteiger partial charge in [0.15, 0.2) is 52.0 Å². The Bertz CT molecular complexity index is 2260. The van der Waals surface area contributed by atoms with Gasteiger partial charge in [-0.05, 0) is 50.8 Å². The van der Waals surface area contributed by atoms with E-state index in [0.717, 1.165) is 36.8 Å². The molecule has 0 amide bonds. The van der Waals surface area contributed by atoms with Crippen molar-refractivity contribution in [3.05, 3.63) is 131 Å². The van der Waals surface area contributed by atoms with E-state index >= 15 is 0 Å². The van der Waals surface area contributed by atoms with Crippen LogP contribution in [-0.2, 0) is 43.1 Å². The van der Waals surface area contributed by atoms with Crippen LogP contribution in [0.15, 0.2) is 103 Å². The highest BCUT2D eigenvalue weighted by Gasteiger charge is 2.33. The first-order chi connectivity index (χ1) is 32.7. The summed E-state index contributed by atoms with van der Waals surface area (Å²) in [5.41, 5.74) is 3.23. The highest BCUT2D eigenvalue weighted by Crippen LogP contribution is 2.32. The molecule has 12 heteroatoms. The summed E-state index contributed by atoms with van der Waals surface area (Å²) < 4.78 is 4.86. The summed E-state index contributed by atoms with van der Waals surface area (Å²) in [6.45, 7) is 44.9. The molecule has 1 aliphatic carbocycles. The van der Waals surface area contributed by atoms with Crippen molar-refractivity contribution in [1.29, 1.82) is 0 Å². The first kappa shape index (κ1) is 67.0. The Morgan fingerprint density at radius 1 is 0.521 bits per heavy atom. The Kier molecular flexibility index (Phi) is 30.9. The Morgan fingerprint density at radius 3 is 1.25 bits per heavy atom. The highest BCUT2D eigenvalue weighted by molar-refractivity contribution is 6.37. The molecular formula is C59H79ClO11. The van der Waals surface area contributed by atoms with Crippen LogP contribution in [0, 0.1) is 55.3 Å². The van der Waals surface area contributed by atoms with Crippen molar-refractivity contribution in [3.63, 3.8) is 0 Å². The smallest absolute Gasteiger partial charge is 0.341 e. The Hall–Kier alpha value is -6.07. The fourth-order valence-corrected chi connectivity index (χ4v) is 5.91. The number of carbonyl (C=O) groups excluding carboxylic acids is 10. The maximum absolute atomic E-state index is 12.1. The number of aryl methyl sites for hydroxylation is 2. The lowest BCUT2D eigenvalue weighted by Gasteiger charge is -2.09. The van der Waals surface area contributed by atoms with Gasteiger partial charge >= 0.3 is 5.97 Å². The lowest BCUT2D eigenvalue weighted by molar-refractivity contribution is -0.141. The molecule has 0 saturated heterocycles. The van der Waals surface area contributed by atoms with Gasteiger partial charge in [0, 0.05) is 52.6 Å². The summed E-state index contributed by atoms with van der Waals surface area (Å²) in [5.74, 6) is -3.27. The van der Waals surface area contributed by atoms with Crippen molar-refractivity contribution in [2.24, 2.45) is 41.4 Å². The molecule has 0 aromatic heterocycles. The SMILES string of the molecule is C=C(C(=O)C(C)C)C(=O)C(C)C.C=C(C(=O)C(C)C)C(=O)C1CC1.C=C(C(=O)OCCCC)C(=O)C(C)C.C=C(C(=O)c1ccc(C)cc1C)C(=O)C(C)C.C=C(C(=O)c1ccccc1Cl)C(=O)C(C)C. The molecule has 0 bridgehead atoms. The number of benzene rings is 2. The summed E-state index contributed by atoms with van der Waals surface area (Å²) in [6, 6.07) is 12.2. The first-order valence-electron chi connectivity index (χ1n) is 24.0. The van der Waals surface area contributed by atoms with Crippen molar-refractivity contribution >= 4 is 69.6 Å². The number of hydrogen-bond donors (Lipinski definition) is 0. The average molecular weight is 1000 g/mol. The van der Waals surface area contributed by atoms with Crippen LogP contribution in [0.5, 0.6) is 0 Å². The second-order valence-corrected chi connectivity index (χ2v) is 19.5. The summed E-state index contributed by atoms with van der Waals surface area (Å²) in [4.78, 5) is 115. The van der Waals surface area contributed by atoms with E-state index in [9.17, 15) is 47.9 Å². The van der Waals surface area contributed by atoms with Crippen LogP contribution in [0.2, 0.25) is 5.02 Å². The van der Waals surface area contributed by atoms with Gasteiger partial charge in [-0.15, -0.1) is 0 Å². The predicted molar refractivity (Wildman–Crippen MR) is 284 cm³/mol. The number of rotatable bonds is 22. The third kappa shape index (κ3) is 23.6. The van der Waals surface area contributed by atoms with Gasteiger partial charge in [0.25, 0.3) is 0 Å². The largest absolute Gasteiger partial charge is 0.462 e. The zero-order valence-corrected chi connectivity index (χ0v) is 45.8. The second-order valence-electron chi connectivity index (χ2n) is 19.1. The van der Waals surface area contributed by atoms with Crippen molar-refractivity contribution < 1.29 is 52.7 Å². The van der Waals surface area contributed by atoms with Crippen LogP contribution in [0.1, 0.15) is 148 Å². The predicted octanol–water partition coefficient (Wildman–Crippen LogP) is 12.4. The number of hydrogen-bond acceptors (Lipinski definition) is 11. The lowest BCUT2D eigenvalue weighted by Crippen LogP contribution is -2.20. The zero-order valence-electron chi connectivity index (χ0n) is 45.0. The molecule has 0 atom stereocenters. The van der Waals surface area contributed by atoms with Crippen LogP contribution >= 0.6 is 11.6 Å². The fraction of sp³-hybridized carbons (Fsp3) is 0.458. The number of ketones is 9. The van der Waals surface area contributed by atoms with Gasteiger partial charge in [-0.25, -0.2) is 4.79 Å². The molecule has 71 heavy (non-hydrogen) atoms. The van der Waals surface area contributed by atoms with Crippen molar-refractivity contribution in [2.45, 2.75) is 130 Å². The molecule has 3 rings (SSSR count). The van der Waals surface area contributed by atoms with E-state index in [4.69, 9.17) is 16.3 Å². The van der Waals surface area contributed by atoms with E-state index in [1.54, 1.807) is 113 Å². The van der Waals surface area contributed by atoms with E-state index in [-0.39, 0.29) is 116 Å². The van der Waals surface area contributed by atoms with Crippen LogP contribution in [0.4, 0.5) is 0 Å². The first-order valence-corrected chi connectivity index (χ1v) is 24.4. The topological polar surface area (TPSA) is 180 Å². The van der Waals surface area contributed by atoms with Crippen LogP contribution in [0.25, 0.3) is 0 Å². The maximum atomic E-state index is 12.1. The molecule has 0 radical (unpaired) electrons. The van der Waals surface area contributed by atoms with Gasteiger partial charge in [-0.1, -0.05) is 177 Å². The van der Waals surface area contributed by atoms with E-state index in [0.29, 0.717) is 22.8 Å². The number of esters is 1. The second kappa shape index (κ2) is 32.7. The standard InChI is InChI=1S/C15H18O2.C13H13ClO2.C11H18O3.C10H14O2.C10H16O2/c1-9(2)14(16)12(5)15(17)13-7-6-10(3)8-11(13)4;1-8(2)12(15)9(3)13(16)10-6-4-5-7-11(10)14;1-5-6-7-14-11(13)9(4)10(12)8(2)3;1-6(2)9(11)7(3)10(12)8-4-5-8;1-6(2)9(11)8(5)10(12)7(3)4/h6-9H,5H2,1-4H3;4-8H,3H2,1-2H3;8H,4-7H2,1-3H3;6,8H,3-5H2,1-2H3;6-7H,5H2,1-4H3. The average Bonchev–Trinajstić information content (AvgIpc) is 4.17. The van der Waals surface area contributed by atoms with Gasteiger partial charge in [-0.2, -0.15) is 0 Å². The van der Waals surface area contributed by atoms with Crippen LogP contribution < -0.4 is 0 Å². The number of carbonyl (C=O) groups is 10. The van der Waals surface area contributed by atoms with Crippen molar-refractivity contribution in [3.8, 4) is 0 Å². The number of Topliss-reactive ketones (excluding diaryl/α,β-unsaturated/α-hetero) is 9. The number of halogens is 1. The van der Waals surface area contributed by atoms with E-state index in [2.05, 4.69) is 32.9 Å². The monoisotopic (exact) mass is 999 g/mol. The van der Waals surface area contributed by atoms with Crippen molar-refractivity contribution in [1.82, 2.24) is 0 Å². The lowest BCUT2D eigenvalue weighted by atomic mass is 9.93. The minimum Gasteiger partial charge on any atom is -0.462 e. The minimum absolute atomic E-state index is 0.0110. The molecule has 0 aliphatic heterocycles. The highest BCUT2D eigenvalue weighted by atomic mass is 35.5. The quantitative estimate of drug-likeness (QED) is 0.0273. The van der Waals surface area contributed by atoms with Crippen molar-refractivity contribution in [2.75, 3.05) is 6.61 Å². The third-order valence-electron chi connectivity index (χ3n) is 10.4. The molecule has 1 aliphatic rings. The fourth-order valence-electron chi connectivity index (χ4n) is 5.69. The summed E-state index contributed by atoms with van der Waals surface area (Å²) >= 11 is 5.87. The third-order valence-corrected chi connectivity index (χ3v) is 10.8. The molecule has 388 valence electrons. The van der Waals surface area contributed by atoms with Gasteiger partial charge in [0.05, 0.1) is 39.5 Å². The molecular weight excluding hydrogens is 920 g/mol. The maximum Gasteiger partial charge on any atom is 0.341 e. The van der Waals surface area contributed by atoms with E-state index in [1.165, 1.54) is 0 Å². The normalized spacial score (nSPS) is 11.3. The Balaban J connectivity index is 0. The molecule has 11 nitrogen and oxygen atoms in total. The van der Waals surface area contributed by atoms with E-state index in [1.807, 2.05) is 32.9 Å². The molecule has 1 saturated carbocycles. The number of unbranched alkanes of at least 4 members (excludes halogenated alkanes) is 1. The van der Waals surface area contributed by atoms with Gasteiger partial charge in [0.1, 0.15) is 0 Å². The molecule has 0 unspecified atom stereocenters. The minimum atomic E-state index is -0.586. The molecule has 0 heterocycles. The zero-order chi connectivity index (χ0) is 55.8. The molecule has 2 aromatic rings. The summed E-state index contributed by atoms with van der Waals surface area (Å²) in [7, 11) is 0. The van der Waals surface area contributed by atoms with Crippen LogP contribution in [0.3, 0.4) is 0 Å². The molecule has 0 N–H and O–H groups in total. The molecule has 2 aromatic carbocycles. The number of ether oxygens (including phenoxy) is 1. The molecule has 1 fully saturated rings. The van der Waals surface area contributed by atoms with Gasteiger partial charge < -0.3 is 4.74 Å². The van der Waals surface area contributed by atoms with Gasteiger partial charge in [-0.3, -0.25) is 43.2 Å². The summed E-state index contributed by atoms with van der Waals surface area (Å²) in [6.07, 6.45) is 3.64. The van der Waals surface area contributed by atoms with Gasteiger partial charge in [0.2, 0.25) is 0 Å². The molecule has 0 spiro atoms. The Morgan fingerprint density at radius 2 is 0.887 bits per heavy atom. The van der Waals surface area contributed by atoms with E-state index < -0.39 is 11.8 Å².